The van der Waals surface area contributed by atoms with Crippen LogP contribution >= 0.6 is 0 Å². The molecule has 0 bridgehead atoms. The van der Waals surface area contributed by atoms with Crippen molar-refractivity contribution in [2.45, 2.75) is 25.8 Å². The highest BCUT2D eigenvalue weighted by Gasteiger charge is 2.21. The lowest BCUT2D eigenvalue weighted by Crippen LogP contribution is -2.35. The molecule has 2 rings (SSSR count). The average molecular weight is 234 g/mol. The maximum absolute atomic E-state index is 5.75. The molecule has 1 aliphatic rings. The second-order valence-corrected chi connectivity index (χ2v) is 4.86. The molecule has 3 N–H and O–H groups in total. The third-order valence-corrected chi connectivity index (χ3v) is 3.50. The van der Waals surface area contributed by atoms with Crippen LogP contribution in [-0.2, 0) is 11.2 Å². The molecule has 0 amide bonds. The first-order valence-electron chi connectivity index (χ1n) is 6.41. The van der Waals surface area contributed by atoms with Gasteiger partial charge in [-0.1, -0.05) is 12.1 Å². The minimum atomic E-state index is 0.540. The Morgan fingerprint density at radius 3 is 3.12 bits per heavy atom. The third kappa shape index (κ3) is 3.72. The van der Waals surface area contributed by atoms with E-state index in [-0.39, 0.29) is 0 Å². The zero-order valence-corrected chi connectivity index (χ0v) is 10.5. The van der Waals surface area contributed by atoms with Gasteiger partial charge in [0.05, 0.1) is 6.61 Å². The Morgan fingerprint density at radius 2 is 2.41 bits per heavy atom. The predicted molar refractivity (Wildman–Crippen MR) is 70.9 cm³/mol. The van der Waals surface area contributed by atoms with Crippen LogP contribution in [0.5, 0.6) is 0 Å². The van der Waals surface area contributed by atoms with Gasteiger partial charge in [0.15, 0.2) is 0 Å². The predicted octanol–water partition coefficient (Wildman–Crippen LogP) is 1.83. The molecular formula is C14H22N2O. The number of hydrogen-bond donors (Lipinski definition) is 2. The number of ether oxygens (including phenoxy) is 1. The summed E-state index contributed by atoms with van der Waals surface area (Å²) in [5.74, 6) is 0.677. The summed E-state index contributed by atoms with van der Waals surface area (Å²) in [6.07, 6.45) is 2.22. The van der Waals surface area contributed by atoms with E-state index in [4.69, 9.17) is 10.5 Å². The Balaban J connectivity index is 1.71. The van der Waals surface area contributed by atoms with Gasteiger partial charge in [-0.3, -0.25) is 0 Å². The van der Waals surface area contributed by atoms with Gasteiger partial charge < -0.3 is 15.8 Å². The van der Waals surface area contributed by atoms with Crippen LogP contribution < -0.4 is 11.1 Å². The monoisotopic (exact) mass is 234 g/mol. The van der Waals surface area contributed by atoms with E-state index in [1.165, 1.54) is 12.0 Å². The fourth-order valence-corrected chi connectivity index (χ4v) is 2.31. The highest BCUT2D eigenvalue weighted by Crippen LogP contribution is 2.16. The molecule has 17 heavy (non-hydrogen) atoms. The largest absolute Gasteiger partial charge is 0.399 e. The molecule has 1 saturated heterocycles. The molecule has 1 aromatic rings. The van der Waals surface area contributed by atoms with Crippen molar-refractivity contribution in [1.29, 1.82) is 0 Å². The molecule has 1 fully saturated rings. The van der Waals surface area contributed by atoms with Gasteiger partial charge in [-0.25, -0.2) is 0 Å². The molecular weight excluding hydrogens is 212 g/mol. The quantitative estimate of drug-likeness (QED) is 0.764. The van der Waals surface area contributed by atoms with Crippen molar-refractivity contribution < 1.29 is 4.74 Å². The number of anilines is 1. The molecule has 0 aliphatic carbocycles. The Bertz CT molecular complexity index is 348. The summed E-state index contributed by atoms with van der Waals surface area (Å²) in [6, 6.07) is 8.65. The first-order valence-corrected chi connectivity index (χ1v) is 6.41. The van der Waals surface area contributed by atoms with Crippen LogP contribution in [0.3, 0.4) is 0 Å². The molecule has 94 valence electrons. The SMILES string of the molecule is CC(NCCc1cccc(N)c1)C1CCOC1. The lowest BCUT2D eigenvalue weighted by molar-refractivity contribution is 0.178. The van der Waals surface area contributed by atoms with Crippen LogP contribution in [0.25, 0.3) is 0 Å². The molecule has 2 atom stereocenters. The van der Waals surface area contributed by atoms with E-state index in [0.717, 1.165) is 31.9 Å². The average Bonchev–Trinajstić information content (AvgIpc) is 2.82. The van der Waals surface area contributed by atoms with Gasteiger partial charge in [-0.05, 0) is 49.9 Å². The summed E-state index contributed by atoms with van der Waals surface area (Å²) in [7, 11) is 0. The topological polar surface area (TPSA) is 47.3 Å². The summed E-state index contributed by atoms with van der Waals surface area (Å²) in [5, 5.41) is 3.57. The Kier molecular flexibility index (Phi) is 4.40. The Morgan fingerprint density at radius 1 is 1.53 bits per heavy atom. The molecule has 1 heterocycles. The fraction of sp³-hybridized carbons (Fsp3) is 0.571. The van der Waals surface area contributed by atoms with Crippen LogP contribution in [0, 0.1) is 5.92 Å². The Hall–Kier alpha value is -1.06. The van der Waals surface area contributed by atoms with Crippen LogP contribution in [0.15, 0.2) is 24.3 Å². The minimum Gasteiger partial charge on any atom is -0.399 e. The minimum absolute atomic E-state index is 0.540. The first kappa shape index (κ1) is 12.4. The summed E-state index contributed by atoms with van der Waals surface area (Å²) >= 11 is 0. The molecule has 2 unspecified atom stereocenters. The van der Waals surface area contributed by atoms with Crippen molar-refractivity contribution in [3.63, 3.8) is 0 Å². The van der Waals surface area contributed by atoms with Crippen molar-refractivity contribution in [3.8, 4) is 0 Å². The molecule has 0 aromatic heterocycles. The third-order valence-electron chi connectivity index (χ3n) is 3.50. The van der Waals surface area contributed by atoms with E-state index in [2.05, 4.69) is 18.3 Å². The Labute approximate surface area is 103 Å². The summed E-state index contributed by atoms with van der Waals surface area (Å²) in [6.45, 7) is 5.08. The second-order valence-electron chi connectivity index (χ2n) is 4.86. The molecule has 0 saturated carbocycles. The molecule has 1 aliphatic heterocycles. The van der Waals surface area contributed by atoms with Crippen LogP contribution in [-0.4, -0.2) is 25.8 Å². The zero-order chi connectivity index (χ0) is 12.1. The van der Waals surface area contributed by atoms with Gasteiger partial charge in [0, 0.05) is 18.3 Å². The maximum Gasteiger partial charge on any atom is 0.0509 e. The van der Waals surface area contributed by atoms with Gasteiger partial charge in [-0.2, -0.15) is 0 Å². The summed E-state index contributed by atoms with van der Waals surface area (Å²) in [4.78, 5) is 0. The molecule has 3 nitrogen and oxygen atoms in total. The number of nitrogens with one attached hydrogen (secondary N) is 1. The maximum atomic E-state index is 5.75. The van der Waals surface area contributed by atoms with Crippen molar-refractivity contribution in [3.05, 3.63) is 29.8 Å². The van der Waals surface area contributed by atoms with Gasteiger partial charge in [0.2, 0.25) is 0 Å². The van der Waals surface area contributed by atoms with Gasteiger partial charge >= 0.3 is 0 Å². The van der Waals surface area contributed by atoms with E-state index < -0.39 is 0 Å². The summed E-state index contributed by atoms with van der Waals surface area (Å²) in [5.41, 5.74) is 7.90. The highest BCUT2D eigenvalue weighted by atomic mass is 16.5. The van der Waals surface area contributed by atoms with Crippen molar-refractivity contribution in [1.82, 2.24) is 5.32 Å². The number of nitrogens with two attached hydrogens (primary N) is 1. The van der Waals surface area contributed by atoms with Gasteiger partial charge in [-0.15, -0.1) is 0 Å². The highest BCUT2D eigenvalue weighted by molar-refractivity contribution is 5.40. The van der Waals surface area contributed by atoms with Gasteiger partial charge in [0.25, 0.3) is 0 Å². The first-order chi connectivity index (χ1) is 8.25. The smallest absolute Gasteiger partial charge is 0.0509 e. The molecule has 0 radical (unpaired) electrons. The van der Waals surface area contributed by atoms with Crippen LogP contribution in [0.4, 0.5) is 5.69 Å². The van der Waals surface area contributed by atoms with Crippen molar-refractivity contribution in [2.75, 3.05) is 25.5 Å². The lowest BCUT2D eigenvalue weighted by atomic mass is 10.0. The number of benzene rings is 1. The normalized spacial score (nSPS) is 21.6. The van der Waals surface area contributed by atoms with E-state index in [0.29, 0.717) is 12.0 Å². The lowest BCUT2D eigenvalue weighted by Gasteiger charge is -2.19. The second kappa shape index (κ2) is 6.03. The number of hydrogen-bond acceptors (Lipinski definition) is 3. The van der Waals surface area contributed by atoms with Crippen molar-refractivity contribution >= 4 is 5.69 Å². The summed E-state index contributed by atoms with van der Waals surface area (Å²) < 4.78 is 5.40. The molecule has 1 aromatic carbocycles. The van der Waals surface area contributed by atoms with E-state index in [1.807, 2.05) is 18.2 Å². The molecule has 3 heteroatoms. The zero-order valence-electron chi connectivity index (χ0n) is 10.5. The van der Waals surface area contributed by atoms with E-state index in [1.54, 1.807) is 0 Å². The fourth-order valence-electron chi connectivity index (χ4n) is 2.31. The molecule has 0 spiro atoms. The van der Waals surface area contributed by atoms with Crippen LogP contribution in [0.1, 0.15) is 18.9 Å². The van der Waals surface area contributed by atoms with Crippen molar-refractivity contribution in [2.24, 2.45) is 5.92 Å². The van der Waals surface area contributed by atoms with E-state index >= 15 is 0 Å². The standard InChI is InChI=1S/C14H22N2O/c1-11(13-6-8-17-10-13)16-7-5-12-3-2-4-14(15)9-12/h2-4,9,11,13,16H,5-8,10,15H2,1H3. The van der Waals surface area contributed by atoms with E-state index in [9.17, 15) is 0 Å². The number of rotatable bonds is 5. The van der Waals surface area contributed by atoms with Gasteiger partial charge in [0.1, 0.15) is 0 Å². The number of nitrogen functional groups attached to an aromatic ring is 1. The van der Waals surface area contributed by atoms with Crippen LogP contribution in [0.2, 0.25) is 0 Å².